The zero-order valence-corrected chi connectivity index (χ0v) is 14.9. The summed E-state index contributed by atoms with van der Waals surface area (Å²) in [5, 5.41) is 6.81. The van der Waals surface area contributed by atoms with Gasteiger partial charge in [-0.25, -0.2) is 0 Å². The summed E-state index contributed by atoms with van der Waals surface area (Å²) < 4.78 is 5.74. The van der Waals surface area contributed by atoms with Crippen molar-refractivity contribution < 1.29 is 9.53 Å². The third kappa shape index (κ3) is 4.95. The van der Waals surface area contributed by atoms with Gasteiger partial charge in [0.15, 0.2) is 0 Å². The predicted octanol–water partition coefficient (Wildman–Crippen LogP) is 3.36. The van der Waals surface area contributed by atoms with Crippen LogP contribution >= 0.6 is 11.6 Å². The van der Waals surface area contributed by atoms with Crippen molar-refractivity contribution in [1.82, 2.24) is 10.2 Å². The van der Waals surface area contributed by atoms with Gasteiger partial charge < -0.3 is 15.4 Å². The number of carbonyl (C=O) groups is 1. The Morgan fingerprint density at radius 1 is 1.28 bits per heavy atom. The molecule has 0 radical (unpaired) electrons. The molecule has 0 aliphatic carbocycles. The van der Waals surface area contributed by atoms with Crippen molar-refractivity contribution in [3.63, 3.8) is 0 Å². The lowest BCUT2D eigenvalue weighted by atomic mass is 10.2. The molecule has 0 unspecified atom stereocenters. The van der Waals surface area contributed by atoms with Gasteiger partial charge >= 0.3 is 0 Å². The molecule has 1 amide bonds. The number of anilines is 1. The Kier molecular flexibility index (Phi) is 5.91. The van der Waals surface area contributed by atoms with Gasteiger partial charge in [-0.1, -0.05) is 23.7 Å². The van der Waals surface area contributed by atoms with E-state index in [0.717, 1.165) is 25.3 Å². The lowest BCUT2D eigenvalue weighted by molar-refractivity contribution is -0.118. The normalized spacial score (nSPS) is 17.9. The molecule has 2 N–H and O–H groups in total. The number of carbonyl (C=O) groups excluding carboxylic acids is 1. The summed E-state index contributed by atoms with van der Waals surface area (Å²) in [6.07, 6.45) is 0. The van der Waals surface area contributed by atoms with Gasteiger partial charge in [0.2, 0.25) is 5.91 Å². The average molecular weight is 360 g/mol. The van der Waals surface area contributed by atoms with Gasteiger partial charge in [-0.2, -0.15) is 0 Å². The van der Waals surface area contributed by atoms with Crippen molar-refractivity contribution in [1.29, 1.82) is 0 Å². The summed E-state index contributed by atoms with van der Waals surface area (Å²) in [5.41, 5.74) is 0.749. The Labute approximate surface area is 152 Å². The van der Waals surface area contributed by atoms with Crippen LogP contribution in [0, 0.1) is 0 Å². The molecule has 0 bridgehead atoms. The van der Waals surface area contributed by atoms with Crippen LogP contribution in [-0.2, 0) is 4.79 Å². The molecular weight excluding hydrogens is 338 g/mol. The van der Waals surface area contributed by atoms with Crippen LogP contribution in [0.25, 0.3) is 0 Å². The molecule has 1 heterocycles. The van der Waals surface area contributed by atoms with Gasteiger partial charge in [0, 0.05) is 31.4 Å². The van der Waals surface area contributed by atoms with Gasteiger partial charge in [0.05, 0.1) is 11.6 Å². The van der Waals surface area contributed by atoms with E-state index in [-0.39, 0.29) is 5.91 Å². The number of halogens is 1. The summed E-state index contributed by atoms with van der Waals surface area (Å²) in [6, 6.07) is 15.0. The molecule has 132 valence electrons. The maximum atomic E-state index is 12.2. The molecule has 1 aliphatic heterocycles. The predicted molar refractivity (Wildman–Crippen MR) is 101 cm³/mol. The van der Waals surface area contributed by atoms with E-state index < -0.39 is 0 Å². The van der Waals surface area contributed by atoms with Gasteiger partial charge in [-0.15, -0.1) is 0 Å². The zero-order valence-electron chi connectivity index (χ0n) is 14.2. The fourth-order valence-corrected chi connectivity index (χ4v) is 2.94. The molecule has 3 rings (SSSR count). The largest absolute Gasteiger partial charge is 0.456 e. The van der Waals surface area contributed by atoms with Gasteiger partial charge in [-0.3, -0.25) is 9.69 Å². The Morgan fingerprint density at radius 2 is 2.04 bits per heavy atom. The van der Waals surface area contributed by atoms with E-state index in [2.05, 4.69) is 22.5 Å². The first-order chi connectivity index (χ1) is 12.1. The molecule has 2 aromatic carbocycles. The Bertz CT molecular complexity index is 721. The number of nitrogens with one attached hydrogen (secondary N) is 2. The lowest BCUT2D eigenvalue weighted by Crippen LogP contribution is -2.51. The van der Waals surface area contributed by atoms with Crippen LogP contribution in [0.15, 0.2) is 48.5 Å². The van der Waals surface area contributed by atoms with Gasteiger partial charge in [0.1, 0.15) is 11.5 Å². The minimum atomic E-state index is -0.00600. The number of nitrogens with zero attached hydrogens (tertiary/aromatic N) is 1. The summed E-state index contributed by atoms with van der Waals surface area (Å²) >= 11 is 6.09. The molecule has 1 saturated heterocycles. The molecule has 1 atom stereocenters. The van der Waals surface area contributed by atoms with Crippen molar-refractivity contribution in [2.75, 3.05) is 31.5 Å². The smallest absolute Gasteiger partial charge is 0.238 e. The Morgan fingerprint density at radius 3 is 2.76 bits per heavy atom. The quantitative estimate of drug-likeness (QED) is 0.859. The molecular formula is C19H22ClN3O2. The van der Waals surface area contributed by atoms with Crippen molar-refractivity contribution in [2.24, 2.45) is 0 Å². The van der Waals surface area contributed by atoms with E-state index >= 15 is 0 Å². The number of benzene rings is 2. The first-order valence-corrected chi connectivity index (χ1v) is 8.76. The first-order valence-electron chi connectivity index (χ1n) is 8.39. The van der Waals surface area contributed by atoms with Crippen molar-refractivity contribution in [3.05, 3.63) is 53.6 Å². The third-order valence-corrected chi connectivity index (χ3v) is 4.50. The molecule has 6 heteroatoms. The molecule has 1 fully saturated rings. The third-order valence-electron chi connectivity index (χ3n) is 4.19. The SMILES string of the molecule is C[C@H]1CNCCN1CC(=O)Nc1ccc(Oc2ccccc2Cl)cc1. The van der Waals surface area contributed by atoms with Gasteiger partial charge in [0.25, 0.3) is 0 Å². The van der Waals surface area contributed by atoms with E-state index in [1.165, 1.54) is 0 Å². The van der Waals surface area contributed by atoms with Crippen molar-refractivity contribution >= 4 is 23.2 Å². The van der Waals surface area contributed by atoms with Crippen LogP contribution < -0.4 is 15.4 Å². The zero-order chi connectivity index (χ0) is 17.6. The highest BCUT2D eigenvalue weighted by molar-refractivity contribution is 6.32. The van der Waals surface area contributed by atoms with Crippen LogP contribution in [0.5, 0.6) is 11.5 Å². The summed E-state index contributed by atoms with van der Waals surface area (Å²) in [6.45, 7) is 5.26. The minimum Gasteiger partial charge on any atom is -0.456 e. The maximum Gasteiger partial charge on any atom is 0.238 e. The number of hydrogen-bond donors (Lipinski definition) is 2. The summed E-state index contributed by atoms with van der Waals surface area (Å²) in [4.78, 5) is 14.4. The molecule has 0 aromatic heterocycles. The molecule has 0 saturated carbocycles. The maximum absolute atomic E-state index is 12.2. The number of rotatable bonds is 5. The topological polar surface area (TPSA) is 53.6 Å². The molecule has 1 aliphatic rings. The molecule has 5 nitrogen and oxygen atoms in total. The number of para-hydroxylation sites is 1. The summed E-state index contributed by atoms with van der Waals surface area (Å²) in [7, 11) is 0. The van der Waals surface area contributed by atoms with Crippen molar-refractivity contribution in [2.45, 2.75) is 13.0 Å². The van der Waals surface area contributed by atoms with Crippen LogP contribution in [0.3, 0.4) is 0 Å². The average Bonchev–Trinajstić information content (AvgIpc) is 2.61. The van der Waals surface area contributed by atoms with E-state index in [1.54, 1.807) is 6.07 Å². The molecule has 2 aromatic rings. The standard InChI is InChI=1S/C19H22ClN3O2/c1-14-12-21-10-11-23(14)13-19(24)22-15-6-8-16(9-7-15)25-18-5-3-2-4-17(18)20/h2-9,14,21H,10-13H2,1H3,(H,22,24)/t14-/m0/s1. The number of ether oxygens (including phenoxy) is 1. The van der Waals surface area contributed by atoms with E-state index in [1.807, 2.05) is 42.5 Å². The van der Waals surface area contributed by atoms with Crippen LogP contribution in [0.1, 0.15) is 6.92 Å². The van der Waals surface area contributed by atoms with Crippen LogP contribution in [-0.4, -0.2) is 43.0 Å². The highest BCUT2D eigenvalue weighted by Gasteiger charge is 2.20. The van der Waals surface area contributed by atoms with E-state index in [9.17, 15) is 4.79 Å². The number of hydrogen-bond acceptors (Lipinski definition) is 4. The number of amides is 1. The minimum absolute atomic E-state index is 0.00600. The number of piperazine rings is 1. The summed E-state index contributed by atoms with van der Waals surface area (Å²) in [5.74, 6) is 1.27. The second kappa shape index (κ2) is 8.34. The van der Waals surface area contributed by atoms with Crippen molar-refractivity contribution in [3.8, 4) is 11.5 Å². The van der Waals surface area contributed by atoms with E-state index in [0.29, 0.717) is 29.1 Å². The second-order valence-electron chi connectivity index (χ2n) is 6.13. The Balaban J connectivity index is 1.55. The molecule has 25 heavy (non-hydrogen) atoms. The van der Waals surface area contributed by atoms with Crippen LogP contribution in [0.4, 0.5) is 5.69 Å². The highest BCUT2D eigenvalue weighted by atomic mass is 35.5. The Hall–Kier alpha value is -2.08. The van der Waals surface area contributed by atoms with E-state index in [4.69, 9.17) is 16.3 Å². The fraction of sp³-hybridized carbons (Fsp3) is 0.316. The monoisotopic (exact) mass is 359 g/mol. The fourth-order valence-electron chi connectivity index (χ4n) is 2.76. The van der Waals surface area contributed by atoms with Gasteiger partial charge in [-0.05, 0) is 43.3 Å². The van der Waals surface area contributed by atoms with Crippen LogP contribution in [0.2, 0.25) is 5.02 Å². The highest BCUT2D eigenvalue weighted by Crippen LogP contribution is 2.29. The first kappa shape index (κ1) is 17.7. The second-order valence-corrected chi connectivity index (χ2v) is 6.54. The lowest BCUT2D eigenvalue weighted by Gasteiger charge is -2.33. The molecule has 0 spiro atoms.